The van der Waals surface area contributed by atoms with Gasteiger partial charge in [-0.25, -0.2) is 4.79 Å². The standard InChI is InChI=1S/C12H15ClN2O2/c1-8(2)9-5-3-4-6-10(9)14-12(17)15-11(16)7-13/h3-6,8H,7H2,1-2H3,(H2,14,15,16,17). The Bertz CT molecular complexity index is 419. The Morgan fingerprint density at radius 3 is 2.53 bits per heavy atom. The Kier molecular flexibility index (Phi) is 4.97. The molecule has 5 heteroatoms. The molecule has 0 aliphatic rings. The van der Waals surface area contributed by atoms with Crippen LogP contribution < -0.4 is 10.6 Å². The topological polar surface area (TPSA) is 58.2 Å². The molecular formula is C12H15ClN2O2. The second kappa shape index (κ2) is 6.25. The Morgan fingerprint density at radius 2 is 1.94 bits per heavy atom. The number of imide groups is 1. The van der Waals surface area contributed by atoms with Crippen molar-refractivity contribution in [1.82, 2.24) is 5.32 Å². The Morgan fingerprint density at radius 1 is 1.29 bits per heavy atom. The monoisotopic (exact) mass is 254 g/mol. The first-order valence-electron chi connectivity index (χ1n) is 5.30. The Labute approximate surface area is 105 Å². The summed E-state index contributed by atoms with van der Waals surface area (Å²) < 4.78 is 0. The molecule has 0 saturated heterocycles. The van der Waals surface area contributed by atoms with Crippen molar-refractivity contribution in [3.63, 3.8) is 0 Å². The van der Waals surface area contributed by atoms with Gasteiger partial charge in [0.15, 0.2) is 0 Å². The molecule has 0 heterocycles. The molecule has 1 aromatic rings. The van der Waals surface area contributed by atoms with E-state index in [1.54, 1.807) is 6.07 Å². The minimum absolute atomic E-state index is 0.237. The number of benzene rings is 1. The highest BCUT2D eigenvalue weighted by Crippen LogP contribution is 2.23. The first kappa shape index (κ1) is 13.5. The molecule has 1 rings (SSSR count). The lowest BCUT2D eigenvalue weighted by Crippen LogP contribution is -2.35. The molecule has 92 valence electrons. The summed E-state index contributed by atoms with van der Waals surface area (Å²) in [6.07, 6.45) is 0. The smallest absolute Gasteiger partial charge is 0.307 e. The number of urea groups is 1. The number of anilines is 1. The van der Waals surface area contributed by atoms with E-state index in [0.29, 0.717) is 5.69 Å². The van der Waals surface area contributed by atoms with Crippen LogP contribution in [0.25, 0.3) is 0 Å². The highest BCUT2D eigenvalue weighted by molar-refractivity contribution is 6.28. The molecule has 0 bridgehead atoms. The van der Waals surface area contributed by atoms with Crippen molar-refractivity contribution < 1.29 is 9.59 Å². The number of rotatable bonds is 3. The van der Waals surface area contributed by atoms with Gasteiger partial charge >= 0.3 is 6.03 Å². The van der Waals surface area contributed by atoms with Crippen molar-refractivity contribution in [3.05, 3.63) is 29.8 Å². The molecule has 1 aromatic carbocycles. The fraction of sp³-hybridized carbons (Fsp3) is 0.333. The molecule has 4 nitrogen and oxygen atoms in total. The third-order valence-electron chi connectivity index (χ3n) is 2.21. The SMILES string of the molecule is CC(C)c1ccccc1NC(=O)NC(=O)CCl. The normalized spacial score (nSPS) is 10.1. The average Bonchev–Trinajstić information content (AvgIpc) is 2.29. The lowest BCUT2D eigenvalue weighted by atomic mass is 10.0. The van der Waals surface area contributed by atoms with Gasteiger partial charge in [0, 0.05) is 5.69 Å². The van der Waals surface area contributed by atoms with Crippen LogP contribution in [-0.4, -0.2) is 17.8 Å². The molecule has 17 heavy (non-hydrogen) atoms. The van der Waals surface area contributed by atoms with Gasteiger partial charge in [-0.05, 0) is 17.5 Å². The van der Waals surface area contributed by atoms with Gasteiger partial charge in [-0.3, -0.25) is 10.1 Å². The van der Waals surface area contributed by atoms with E-state index in [2.05, 4.69) is 10.6 Å². The van der Waals surface area contributed by atoms with Crippen LogP contribution in [0.15, 0.2) is 24.3 Å². The number of carbonyl (C=O) groups excluding carboxylic acids is 2. The average molecular weight is 255 g/mol. The van der Waals surface area contributed by atoms with Crippen LogP contribution in [0.1, 0.15) is 25.3 Å². The van der Waals surface area contributed by atoms with E-state index >= 15 is 0 Å². The first-order valence-corrected chi connectivity index (χ1v) is 5.83. The number of hydrogen-bond donors (Lipinski definition) is 2. The lowest BCUT2D eigenvalue weighted by molar-refractivity contribution is -0.117. The molecule has 0 aliphatic heterocycles. The van der Waals surface area contributed by atoms with E-state index in [1.807, 2.05) is 32.0 Å². The van der Waals surface area contributed by atoms with E-state index in [0.717, 1.165) is 5.56 Å². The maximum absolute atomic E-state index is 11.5. The van der Waals surface area contributed by atoms with Crippen molar-refractivity contribution in [3.8, 4) is 0 Å². The maximum atomic E-state index is 11.5. The fourth-order valence-corrected chi connectivity index (χ4v) is 1.49. The van der Waals surface area contributed by atoms with Crippen LogP contribution in [-0.2, 0) is 4.79 Å². The Balaban J connectivity index is 2.74. The highest BCUT2D eigenvalue weighted by atomic mass is 35.5. The van der Waals surface area contributed by atoms with Crippen LogP contribution in [0.4, 0.5) is 10.5 Å². The van der Waals surface area contributed by atoms with Crippen molar-refractivity contribution in [2.24, 2.45) is 0 Å². The van der Waals surface area contributed by atoms with Crippen molar-refractivity contribution in [1.29, 1.82) is 0 Å². The third-order valence-corrected chi connectivity index (χ3v) is 2.45. The summed E-state index contributed by atoms with van der Waals surface area (Å²) >= 11 is 5.29. The van der Waals surface area contributed by atoms with Gasteiger partial charge in [-0.1, -0.05) is 32.0 Å². The van der Waals surface area contributed by atoms with Gasteiger partial charge in [-0.2, -0.15) is 0 Å². The van der Waals surface area contributed by atoms with Crippen molar-refractivity contribution >= 4 is 29.2 Å². The summed E-state index contributed by atoms with van der Waals surface area (Å²) in [6.45, 7) is 4.06. The zero-order chi connectivity index (χ0) is 12.8. The summed E-state index contributed by atoms with van der Waals surface area (Å²) in [4.78, 5) is 22.4. The first-order chi connectivity index (χ1) is 8.04. The van der Waals surface area contributed by atoms with Crippen LogP contribution in [0.5, 0.6) is 0 Å². The summed E-state index contributed by atoms with van der Waals surface area (Å²) in [5.41, 5.74) is 1.71. The molecule has 3 amide bonds. The fourth-order valence-electron chi connectivity index (χ4n) is 1.43. The zero-order valence-corrected chi connectivity index (χ0v) is 10.5. The number of hydrogen-bond acceptors (Lipinski definition) is 2. The number of carbonyl (C=O) groups is 2. The number of halogens is 1. The van der Waals surface area contributed by atoms with Crippen LogP contribution >= 0.6 is 11.6 Å². The van der Waals surface area contributed by atoms with Gasteiger partial charge in [0.1, 0.15) is 5.88 Å². The minimum atomic E-state index is -0.566. The molecule has 0 spiro atoms. The maximum Gasteiger partial charge on any atom is 0.325 e. The summed E-state index contributed by atoms with van der Waals surface area (Å²) in [6, 6.07) is 6.89. The van der Waals surface area contributed by atoms with Crippen molar-refractivity contribution in [2.45, 2.75) is 19.8 Å². The summed E-state index contributed by atoms with van der Waals surface area (Å²) in [7, 11) is 0. The quantitative estimate of drug-likeness (QED) is 0.815. The molecule has 0 saturated carbocycles. The number of alkyl halides is 1. The number of para-hydroxylation sites is 1. The van der Waals surface area contributed by atoms with Crippen molar-refractivity contribution in [2.75, 3.05) is 11.2 Å². The van der Waals surface area contributed by atoms with Gasteiger partial charge in [0.05, 0.1) is 0 Å². The zero-order valence-electron chi connectivity index (χ0n) is 9.79. The largest absolute Gasteiger partial charge is 0.325 e. The van der Waals surface area contributed by atoms with E-state index in [9.17, 15) is 9.59 Å². The minimum Gasteiger partial charge on any atom is -0.307 e. The summed E-state index contributed by atoms with van der Waals surface area (Å²) in [5.74, 6) is -0.472. The second-order valence-electron chi connectivity index (χ2n) is 3.88. The lowest BCUT2D eigenvalue weighted by Gasteiger charge is -2.13. The molecule has 0 unspecified atom stereocenters. The van der Waals surface area contributed by atoms with E-state index in [-0.39, 0.29) is 11.8 Å². The van der Waals surface area contributed by atoms with Gasteiger partial charge in [0.25, 0.3) is 0 Å². The summed E-state index contributed by atoms with van der Waals surface area (Å²) in [5, 5.41) is 4.75. The second-order valence-corrected chi connectivity index (χ2v) is 4.15. The van der Waals surface area contributed by atoms with Gasteiger partial charge in [0.2, 0.25) is 5.91 Å². The Hall–Kier alpha value is -1.55. The van der Waals surface area contributed by atoms with Gasteiger partial charge in [-0.15, -0.1) is 11.6 Å². The molecule has 2 N–H and O–H groups in total. The van der Waals surface area contributed by atoms with Gasteiger partial charge < -0.3 is 5.32 Å². The third kappa shape index (κ3) is 4.07. The molecular weight excluding hydrogens is 240 g/mol. The van der Waals surface area contributed by atoms with E-state index in [4.69, 9.17) is 11.6 Å². The molecule has 0 aromatic heterocycles. The predicted octanol–water partition coefficient (Wildman–Crippen LogP) is 2.70. The number of nitrogens with one attached hydrogen (secondary N) is 2. The van der Waals surface area contributed by atoms with E-state index in [1.165, 1.54) is 0 Å². The van der Waals surface area contributed by atoms with Crippen LogP contribution in [0.2, 0.25) is 0 Å². The molecule has 0 aliphatic carbocycles. The molecule has 0 atom stereocenters. The predicted molar refractivity (Wildman–Crippen MR) is 68.4 cm³/mol. The van der Waals surface area contributed by atoms with E-state index < -0.39 is 11.9 Å². The van der Waals surface area contributed by atoms with Crippen LogP contribution in [0.3, 0.4) is 0 Å². The highest BCUT2D eigenvalue weighted by Gasteiger charge is 2.10. The van der Waals surface area contributed by atoms with Crippen LogP contribution in [0, 0.1) is 0 Å². The number of amides is 3. The molecule has 0 fully saturated rings. The molecule has 0 radical (unpaired) electrons.